The van der Waals surface area contributed by atoms with Gasteiger partial charge in [-0.3, -0.25) is 4.90 Å². The molecule has 0 unspecified atom stereocenters. The molecule has 6 nitrogen and oxygen atoms in total. The van der Waals surface area contributed by atoms with Crippen molar-refractivity contribution in [1.29, 1.82) is 0 Å². The van der Waals surface area contributed by atoms with Crippen LogP contribution in [0.1, 0.15) is 25.5 Å². The van der Waals surface area contributed by atoms with Crippen LogP contribution in [-0.2, 0) is 9.47 Å². The van der Waals surface area contributed by atoms with Gasteiger partial charge in [0.05, 0.1) is 31.5 Å². The molecule has 2 heterocycles. The molecule has 0 aromatic heterocycles. The number of carbonyl (C=O) groups is 1. The van der Waals surface area contributed by atoms with E-state index in [9.17, 15) is 4.79 Å². The van der Waals surface area contributed by atoms with Gasteiger partial charge in [0.1, 0.15) is 0 Å². The lowest BCUT2D eigenvalue weighted by atomic mass is 10.0. The fourth-order valence-electron chi connectivity index (χ4n) is 3.66. The number of ether oxygens (including phenoxy) is 2. The zero-order valence-electron chi connectivity index (χ0n) is 15.2. The largest absolute Gasteiger partial charge is 0.379 e. The summed E-state index contributed by atoms with van der Waals surface area (Å²) in [6, 6.07) is 10.6. The molecule has 0 aliphatic carbocycles. The van der Waals surface area contributed by atoms with Crippen molar-refractivity contribution in [3.8, 4) is 0 Å². The highest BCUT2D eigenvalue weighted by Crippen LogP contribution is 2.21. The summed E-state index contributed by atoms with van der Waals surface area (Å²) in [6.45, 7) is 9.18. The van der Waals surface area contributed by atoms with Gasteiger partial charge in [-0.2, -0.15) is 0 Å². The number of benzene rings is 1. The van der Waals surface area contributed by atoms with Gasteiger partial charge in [-0.25, -0.2) is 4.79 Å². The summed E-state index contributed by atoms with van der Waals surface area (Å²) >= 11 is 0. The van der Waals surface area contributed by atoms with Gasteiger partial charge in [0.2, 0.25) is 0 Å². The SMILES string of the molecule is C[C@@H]1CN(C(=O)NC[C@@H](c2ccccc2)N2CCOCC2)C[C@H](C)O1. The van der Waals surface area contributed by atoms with Gasteiger partial charge in [0.25, 0.3) is 0 Å². The summed E-state index contributed by atoms with van der Waals surface area (Å²) in [4.78, 5) is 16.9. The second-order valence-electron chi connectivity index (χ2n) is 6.92. The summed E-state index contributed by atoms with van der Waals surface area (Å²) in [7, 11) is 0. The molecule has 0 spiro atoms. The van der Waals surface area contributed by atoms with Crippen LogP contribution in [0.5, 0.6) is 0 Å². The van der Waals surface area contributed by atoms with Crippen molar-refractivity contribution in [2.24, 2.45) is 0 Å². The van der Waals surface area contributed by atoms with Gasteiger partial charge < -0.3 is 19.7 Å². The fourth-order valence-corrected chi connectivity index (χ4v) is 3.66. The van der Waals surface area contributed by atoms with Gasteiger partial charge in [-0.15, -0.1) is 0 Å². The molecule has 2 amide bonds. The third-order valence-corrected chi connectivity index (χ3v) is 4.82. The molecular weight excluding hydrogens is 318 g/mol. The Morgan fingerprint density at radius 3 is 2.44 bits per heavy atom. The molecule has 2 aliphatic heterocycles. The molecule has 3 atom stereocenters. The predicted octanol–water partition coefficient (Wildman–Crippen LogP) is 1.88. The molecular formula is C19H29N3O3. The Balaban J connectivity index is 1.63. The molecule has 0 bridgehead atoms. The summed E-state index contributed by atoms with van der Waals surface area (Å²) in [5.41, 5.74) is 1.23. The smallest absolute Gasteiger partial charge is 0.317 e. The van der Waals surface area contributed by atoms with E-state index < -0.39 is 0 Å². The molecule has 2 fully saturated rings. The van der Waals surface area contributed by atoms with E-state index >= 15 is 0 Å². The Kier molecular flexibility index (Phi) is 6.29. The summed E-state index contributed by atoms with van der Waals surface area (Å²) < 4.78 is 11.2. The topological polar surface area (TPSA) is 54.0 Å². The van der Waals surface area contributed by atoms with Gasteiger partial charge in [-0.1, -0.05) is 30.3 Å². The molecule has 6 heteroatoms. The van der Waals surface area contributed by atoms with Crippen molar-refractivity contribution in [1.82, 2.24) is 15.1 Å². The number of hydrogen-bond donors (Lipinski definition) is 1. The van der Waals surface area contributed by atoms with Crippen LogP contribution in [0.25, 0.3) is 0 Å². The number of rotatable bonds is 4. The van der Waals surface area contributed by atoms with Crippen LogP contribution in [-0.4, -0.2) is 74.0 Å². The first kappa shape index (κ1) is 18.2. The number of morpholine rings is 2. The minimum atomic E-state index is -0.00353. The van der Waals surface area contributed by atoms with Crippen molar-refractivity contribution >= 4 is 6.03 Å². The first-order valence-electron chi connectivity index (χ1n) is 9.18. The molecule has 1 aromatic rings. The number of hydrogen-bond acceptors (Lipinski definition) is 4. The molecule has 2 saturated heterocycles. The lowest BCUT2D eigenvalue weighted by Gasteiger charge is -2.37. The Morgan fingerprint density at radius 1 is 1.16 bits per heavy atom. The maximum absolute atomic E-state index is 12.6. The highest BCUT2D eigenvalue weighted by molar-refractivity contribution is 5.74. The number of carbonyl (C=O) groups excluding carboxylic acids is 1. The molecule has 2 aliphatic rings. The van der Waals surface area contributed by atoms with Gasteiger partial charge in [0, 0.05) is 32.7 Å². The standard InChI is InChI=1S/C19H29N3O3/c1-15-13-22(14-16(2)25-15)19(23)20-12-18(17-6-4-3-5-7-17)21-8-10-24-11-9-21/h3-7,15-16,18H,8-14H2,1-2H3,(H,20,23)/t15-,16+,18-/m0/s1. The van der Waals surface area contributed by atoms with E-state index in [1.165, 1.54) is 5.56 Å². The van der Waals surface area contributed by atoms with Gasteiger partial charge >= 0.3 is 6.03 Å². The number of nitrogens with one attached hydrogen (secondary N) is 1. The Labute approximate surface area is 150 Å². The number of amides is 2. The molecule has 25 heavy (non-hydrogen) atoms. The molecule has 1 aromatic carbocycles. The van der Waals surface area contributed by atoms with Crippen molar-refractivity contribution in [2.45, 2.75) is 32.1 Å². The zero-order valence-corrected chi connectivity index (χ0v) is 15.2. The van der Waals surface area contributed by atoms with Crippen LogP contribution in [0.2, 0.25) is 0 Å². The monoisotopic (exact) mass is 347 g/mol. The summed E-state index contributed by atoms with van der Waals surface area (Å²) in [5.74, 6) is 0. The average molecular weight is 347 g/mol. The second kappa shape index (κ2) is 8.65. The zero-order chi connectivity index (χ0) is 17.6. The maximum Gasteiger partial charge on any atom is 0.317 e. The van der Waals surface area contributed by atoms with Gasteiger partial charge in [0.15, 0.2) is 0 Å². The number of urea groups is 1. The summed E-state index contributed by atoms with van der Waals surface area (Å²) in [6.07, 6.45) is 0.164. The average Bonchev–Trinajstić information content (AvgIpc) is 2.63. The fraction of sp³-hybridized carbons (Fsp3) is 0.632. The minimum absolute atomic E-state index is 0.00353. The molecule has 1 N–H and O–H groups in total. The van der Waals surface area contributed by atoms with Crippen LogP contribution in [0.15, 0.2) is 30.3 Å². The Bertz CT molecular complexity index is 538. The van der Waals surface area contributed by atoms with Crippen molar-refractivity contribution in [3.63, 3.8) is 0 Å². The lowest BCUT2D eigenvalue weighted by Crippen LogP contribution is -2.53. The molecule has 0 radical (unpaired) electrons. The van der Waals surface area contributed by atoms with E-state index in [1.807, 2.05) is 24.8 Å². The quantitative estimate of drug-likeness (QED) is 0.904. The number of nitrogens with zero attached hydrogens (tertiary/aromatic N) is 2. The van der Waals surface area contributed by atoms with Crippen LogP contribution >= 0.6 is 0 Å². The molecule has 138 valence electrons. The highest BCUT2D eigenvalue weighted by Gasteiger charge is 2.28. The molecule has 0 saturated carbocycles. The highest BCUT2D eigenvalue weighted by atomic mass is 16.5. The van der Waals surface area contributed by atoms with Crippen LogP contribution in [0.4, 0.5) is 4.79 Å². The van der Waals surface area contributed by atoms with E-state index in [1.54, 1.807) is 0 Å². The third kappa shape index (κ3) is 4.93. The van der Waals surface area contributed by atoms with Crippen molar-refractivity contribution in [3.05, 3.63) is 35.9 Å². The van der Waals surface area contributed by atoms with E-state index in [2.05, 4.69) is 34.5 Å². The molecule has 3 rings (SSSR count). The Morgan fingerprint density at radius 2 is 1.80 bits per heavy atom. The van der Waals surface area contributed by atoms with Crippen LogP contribution in [0.3, 0.4) is 0 Å². The lowest BCUT2D eigenvalue weighted by molar-refractivity contribution is -0.0547. The van der Waals surface area contributed by atoms with Crippen LogP contribution < -0.4 is 5.32 Å². The minimum Gasteiger partial charge on any atom is -0.379 e. The first-order valence-corrected chi connectivity index (χ1v) is 9.18. The van der Waals surface area contributed by atoms with Crippen molar-refractivity contribution in [2.75, 3.05) is 45.9 Å². The Hall–Kier alpha value is -1.63. The normalized spacial score (nSPS) is 26.2. The predicted molar refractivity (Wildman–Crippen MR) is 96.6 cm³/mol. The van der Waals surface area contributed by atoms with Crippen LogP contribution in [0, 0.1) is 0 Å². The van der Waals surface area contributed by atoms with E-state index in [4.69, 9.17) is 9.47 Å². The second-order valence-corrected chi connectivity index (χ2v) is 6.92. The van der Waals surface area contributed by atoms with E-state index in [0.717, 1.165) is 26.3 Å². The maximum atomic E-state index is 12.6. The van der Waals surface area contributed by atoms with E-state index in [0.29, 0.717) is 19.6 Å². The third-order valence-electron chi connectivity index (χ3n) is 4.82. The van der Waals surface area contributed by atoms with Crippen molar-refractivity contribution < 1.29 is 14.3 Å². The van der Waals surface area contributed by atoms with Gasteiger partial charge in [-0.05, 0) is 19.4 Å². The summed E-state index contributed by atoms with van der Waals surface area (Å²) in [5, 5.41) is 3.14. The van der Waals surface area contributed by atoms with E-state index in [-0.39, 0.29) is 24.3 Å². The first-order chi connectivity index (χ1) is 12.1.